The highest BCUT2D eigenvalue weighted by atomic mass is 35.5. The summed E-state index contributed by atoms with van der Waals surface area (Å²) in [7, 11) is 2.11. The number of fused-ring (bicyclic) bond motifs is 1. The van der Waals surface area contributed by atoms with E-state index in [0.29, 0.717) is 22.0 Å². The summed E-state index contributed by atoms with van der Waals surface area (Å²) < 4.78 is 2.11. The van der Waals surface area contributed by atoms with Crippen LogP contribution >= 0.6 is 34.8 Å². The van der Waals surface area contributed by atoms with Gasteiger partial charge in [0.15, 0.2) is 0 Å². The summed E-state index contributed by atoms with van der Waals surface area (Å²) in [5, 5.41) is 1.06. The summed E-state index contributed by atoms with van der Waals surface area (Å²) in [6.45, 7) is 6.09. The van der Waals surface area contributed by atoms with E-state index in [-0.39, 0.29) is 0 Å². The van der Waals surface area contributed by atoms with E-state index in [9.17, 15) is 0 Å². The number of rotatable bonds is 5. The lowest BCUT2D eigenvalue weighted by Crippen LogP contribution is -2.30. The van der Waals surface area contributed by atoms with Gasteiger partial charge in [0, 0.05) is 19.1 Å². The molecular formula is C14H18Cl3N3. The highest BCUT2D eigenvalue weighted by molar-refractivity contribution is 6.42. The molecule has 0 aliphatic heterocycles. The maximum absolute atomic E-state index is 6.11. The van der Waals surface area contributed by atoms with Gasteiger partial charge in [0.1, 0.15) is 5.82 Å². The van der Waals surface area contributed by atoms with Gasteiger partial charge in [-0.2, -0.15) is 0 Å². The van der Waals surface area contributed by atoms with Gasteiger partial charge in [-0.05, 0) is 33.0 Å². The van der Waals surface area contributed by atoms with Crippen LogP contribution in [0.4, 0.5) is 0 Å². The molecule has 2 aromatic rings. The lowest BCUT2D eigenvalue weighted by Gasteiger charge is -2.21. The number of likely N-dealkylation sites (N-methyl/N-ethyl adjacent to an activating group) is 1. The molecule has 110 valence electrons. The van der Waals surface area contributed by atoms with Crippen molar-refractivity contribution >= 4 is 45.8 Å². The molecule has 0 aliphatic rings. The number of nitrogens with zero attached hydrogens (tertiary/aromatic N) is 3. The molecular weight excluding hydrogens is 317 g/mol. The molecule has 1 aromatic carbocycles. The van der Waals surface area contributed by atoms with E-state index < -0.39 is 0 Å². The van der Waals surface area contributed by atoms with E-state index in [0.717, 1.165) is 29.9 Å². The zero-order valence-corrected chi connectivity index (χ0v) is 14.1. The van der Waals surface area contributed by atoms with Gasteiger partial charge in [-0.1, -0.05) is 23.2 Å². The van der Waals surface area contributed by atoms with E-state index in [4.69, 9.17) is 34.8 Å². The molecule has 1 heterocycles. The number of aromatic nitrogens is 2. The van der Waals surface area contributed by atoms with Crippen molar-refractivity contribution in [2.45, 2.75) is 32.3 Å². The first-order valence-corrected chi connectivity index (χ1v) is 7.83. The van der Waals surface area contributed by atoms with Crippen LogP contribution < -0.4 is 0 Å². The SMILES string of the molecule is CC(C)N(C)CCn1c(CCl)nc2cc(Cl)c(Cl)cc21. The first-order valence-electron chi connectivity index (χ1n) is 6.54. The minimum atomic E-state index is 0.370. The molecule has 0 amide bonds. The third-order valence-electron chi connectivity index (χ3n) is 3.55. The predicted octanol–water partition coefficient (Wildman–Crippen LogP) is 4.42. The summed E-state index contributed by atoms with van der Waals surface area (Å²) >= 11 is 18.1. The Bertz CT molecular complexity index is 607. The van der Waals surface area contributed by atoms with E-state index in [2.05, 4.69) is 35.3 Å². The first kappa shape index (κ1) is 15.9. The number of hydrogen-bond acceptors (Lipinski definition) is 2. The maximum Gasteiger partial charge on any atom is 0.124 e. The molecule has 3 nitrogen and oxygen atoms in total. The van der Waals surface area contributed by atoms with Crippen LogP contribution in [-0.2, 0) is 12.4 Å². The largest absolute Gasteiger partial charge is 0.326 e. The van der Waals surface area contributed by atoms with Crippen molar-refractivity contribution in [3.8, 4) is 0 Å². The van der Waals surface area contributed by atoms with Gasteiger partial charge in [-0.25, -0.2) is 4.98 Å². The molecule has 1 aromatic heterocycles. The summed E-state index contributed by atoms with van der Waals surface area (Å²) in [6.07, 6.45) is 0. The molecule has 2 rings (SSSR count). The molecule has 0 bridgehead atoms. The fourth-order valence-electron chi connectivity index (χ4n) is 2.04. The van der Waals surface area contributed by atoms with Gasteiger partial charge in [0.2, 0.25) is 0 Å². The standard InChI is InChI=1S/C14H18Cl3N3/c1-9(2)19(3)4-5-20-13-7-11(17)10(16)6-12(13)18-14(20)8-15/h6-7,9H,4-5,8H2,1-3H3. The lowest BCUT2D eigenvalue weighted by molar-refractivity contribution is 0.263. The van der Waals surface area contributed by atoms with Crippen LogP contribution in [0.2, 0.25) is 10.0 Å². The predicted molar refractivity (Wildman–Crippen MR) is 87.1 cm³/mol. The van der Waals surface area contributed by atoms with Gasteiger partial charge in [-0.15, -0.1) is 11.6 Å². The monoisotopic (exact) mass is 333 g/mol. The third kappa shape index (κ3) is 3.22. The van der Waals surface area contributed by atoms with Gasteiger partial charge >= 0.3 is 0 Å². The van der Waals surface area contributed by atoms with Gasteiger partial charge in [-0.3, -0.25) is 0 Å². The zero-order chi connectivity index (χ0) is 14.9. The van der Waals surface area contributed by atoms with Crippen LogP contribution in [0.3, 0.4) is 0 Å². The van der Waals surface area contributed by atoms with E-state index in [1.54, 1.807) is 6.07 Å². The number of halogens is 3. The highest BCUT2D eigenvalue weighted by Crippen LogP contribution is 2.28. The Morgan fingerprint density at radius 2 is 1.90 bits per heavy atom. The zero-order valence-electron chi connectivity index (χ0n) is 11.8. The second-order valence-corrected chi connectivity index (χ2v) is 6.22. The van der Waals surface area contributed by atoms with E-state index >= 15 is 0 Å². The molecule has 0 unspecified atom stereocenters. The van der Waals surface area contributed by atoms with Crippen LogP contribution in [0, 0.1) is 0 Å². The molecule has 20 heavy (non-hydrogen) atoms. The summed E-state index contributed by atoms with van der Waals surface area (Å²) in [4.78, 5) is 6.80. The quantitative estimate of drug-likeness (QED) is 0.755. The molecule has 0 spiro atoms. The van der Waals surface area contributed by atoms with E-state index in [1.807, 2.05) is 6.07 Å². The fraction of sp³-hybridized carbons (Fsp3) is 0.500. The topological polar surface area (TPSA) is 21.1 Å². The van der Waals surface area contributed by atoms with Crippen molar-refractivity contribution in [1.29, 1.82) is 0 Å². The summed E-state index contributed by atoms with van der Waals surface area (Å²) in [5.41, 5.74) is 1.81. The molecule has 0 N–H and O–H groups in total. The molecule has 6 heteroatoms. The van der Waals surface area contributed by atoms with Crippen molar-refractivity contribution in [3.63, 3.8) is 0 Å². The Morgan fingerprint density at radius 1 is 1.25 bits per heavy atom. The van der Waals surface area contributed by atoms with Crippen molar-refractivity contribution in [1.82, 2.24) is 14.5 Å². The minimum Gasteiger partial charge on any atom is -0.326 e. The number of hydrogen-bond donors (Lipinski definition) is 0. The molecule has 0 aliphatic carbocycles. The average molecular weight is 335 g/mol. The molecule has 0 saturated heterocycles. The van der Waals surface area contributed by atoms with Crippen molar-refractivity contribution in [2.75, 3.05) is 13.6 Å². The first-order chi connectivity index (χ1) is 9.43. The van der Waals surface area contributed by atoms with Crippen molar-refractivity contribution in [2.24, 2.45) is 0 Å². The Labute approximate surface area is 134 Å². The summed E-state index contributed by atoms with van der Waals surface area (Å²) in [6, 6.07) is 4.15. The van der Waals surface area contributed by atoms with Gasteiger partial charge < -0.3 is 9.47 Å². The lowest BCUT2D eigenvalue weighted by atomic mass is 10.3. The maximum atomic E-state index is 6.11. The van der Waals surface area contributed by atoms with Gasteiger partial charge in [0.05, 0.1) is 27.0 Å². The molecule has 0 saturated carbocycles. The number of benzene rings is 1. The van der Waals surface area contributed by atoms with Gasteiger partial charge in [0.25, 0.3) is 0 Å². The second-order valence-electron chi connectivity index (χ2n) is 5.14. The third-order valence-corrected chi connectivity index (χ3v) is 4.51. The van der Waals surface area contributed by atoms with Crippen molar-refractivity contribution in [3.05, 3.63) is 28.0 Å². The van der Waals surface area contributed by atoms with Crippen LogP contribution in [0.1, 0.15) is 19.7 Å². The van der Waals surface area contributed by atoms with Crippen LogP contribution in [0.5, 0.6) is 0 Å². The minimum absolute atomic E-state index is 0.370. The average Bonchev–Trinajstić information content (AvgIpc) is 2.73. The Hall–Kier alpha value is -0.480. The molecule has 0 atom stereocenters. The fourth-order valence-corrected chi connectivity index (χ4v) is 2.56. The normalized spacial score (nSPS) is 12.0. The van der Waals surface area contributed by atoms with Crippen LogP contribution in [-0.4, -0.2) is 34.1 Å². The number of alkyl halides is 1. The Morgan fingerprint density at radius 3 is 2.50 bits per heavy atom. The second kappa shape index (κ2) is 6.52. The summed E-state index contributed by atoms with van der Waals surface area (Å²) in [5.74, 6) is 1.21. The van der Waals surface area contributed by atoms with Crippen LogP contribution in [0.15, 0.2) is 12.1 Å². The van der Waals surface area contributed by atoms with Crippen molar-refractivity contribution < 1.29 is 0 Å². The molecule has 0 radical (unpaired) electrons. The van der Waals surface area contributed by atoms with Crippen LogP contribution in [0.25, 0.3) is 11.0 Å². The number of imidazole rings is 1. The highest BCUT2D eigenvalue weighted by Gasteiger charge is 2.13. The Kier molecular flexibility index (Phi) is 5.19. The molecule has 0 fully saturated rings. The smallest absolute Gasteiger partial charge is 0.124 e. The van der Waals surface area contributed by atoms with E-state index in [1.165, 1.54) is 0 Å². The Balaban J connectivity index is 2.37.